The molecule has 0 aromatic heterocycles. The van der Waals surface area contributed by atoms with Crippen LogP contribution in [0.4, 0.5) is 10.5 Å². The third-order valence-corrected chi connectivity index (χ3v) is 4.25. The number of carbonyl (C=O) groups is 5. The van der Waals surface area contributed by atoms with Crippen molar-refractivity contribution >= 4 is 35.4 Å². The van der Waals surface area contributed by atoms with Crippen molar-refractivity contribution in [2.45, 2.75) is 45.3 Å². The molecule has 0 bridgehead atoms. The zero-order valence-electron chi connectivity index (χ0n) is 15.1. The highest BCUT2D eigenvalue weighted by atomic mass is 16.6. The fourth-order valence-electron chi connectivity index (χ4n) is 3.12. The van der Waals surface area contributed by atoms with E-state index < -0.39 is 41.4 Å². The zero-order valence-corrected chi connectivity index (χ0v) is 15.1. The molecule has 2 aliphatic rings. The van der Waals surface area contributed by atoms with E-state index in [4.69, 9.17) is 10.5 Å². The Morgan fingerprint density at radius 1 is 1.15 bits per heavy atom. The van der Waals surface area contributed by atoms with E-state index in [2.05, 4.69) is 0 Å². The molecule has 1 atom stereocenters. The Balaban J connectivity index is 1.92. The van der Waals surface area contributed by atoms with Gasteiger partial charge in [0, 0.05) is 12.1 Å². The molecule has 1 unspecified atom stereocenters. The normalized spacial score (nSPS) is 20.2. The third kappa shape index (κ3) is 3.05. The molecule has 9 heteroatoms. The van der Waals surface area contributed by atoms with Gasteiger partial charge in [0.1, 0.15) is 11.6 Å². The van der Waals surface area contributed by atoms with Crippen LogP contribution in [-0.4, -0.2) is 51.2 Å². The molecule has 9 nitrogen and oxygen atoms in total. The van der Waals surface area contributed by atoms with E-state index in [1.54, 1.807) is 20.8 Å². The van der Waals surface area contributed by atoms with Crippen LogP contribution in [0.25, 0.3) is 0 Å². The van der Waals surface area contributed by atoms with Gasteiger partial charge in [-0.3, -0.25) is 24.1 Å². The van der Waals surface area contributed by atoms with Crippen molar-refractivity contribution in [3.8, 4) is 0 Å². The van der Waals surface area contributed by atoms with Crippen molar-refractivity contribution in [1.82, 2.24) is 9.80 Å². The van der Waals surface area contributed by atoms with Crippen LogP contribution >= 0.6 is 0 Å². The second-order valence-electron chi connectivity index (χ2n) is 7.35. The lowest BCUT2D eigenvalue weighted by Crippen LogP contribution is -2.58. The van der Waals surface area contributed by atoms with Gasteiger partial charge in [0.05, 0.1) is 11.1 Å². The number of rotatable bonds is 1. The first-order valence-electron chi connectivity index (χ1n) is 8.39. The Bertz CT molecular complexity index is 886. The summed E-state index contributed by atoms with van der Waals surface area (Å²) in [6, 6.07) is 3.17. The number of anilines is 1. The Kier molecular flexibility index (Phi) is 4.25. The second kappa shape index (κ2) is 6.19. The Morgan fingerprint density at radius 3 is 2.41 bits per heavy atom. The lowest BCUT2D eigenvalue weighted by Gasteiger charge is -2.34. The highest BCUT2D eigenvalue weighted by Crippen LogP contribution is 2.32. The van der Waals surface area contributed by atoms with Gasteiger partial charge >= 0.3 is 6.09 Å². The summed E-state index contributed by atoms with van der Waals surface area (Å²) in [7, 11) is 0. The van der Waals surface area contributed by atoms with Crippen LogP contribution in [-0.2, 0) is 14.3 Å². The molecule has 0 aliphatic carbocycles. The van der Waals surface area contributed by atoms with Gasteiger partial charge in [0.25, 0.3) is 17.7 Å². The maximum atomic E-state index is 12.8. The number of nitrogens with zero attached hydrogens (tertiary/aromatic N) is 2. The number of fused-ring (bicyclic) bond motifs is 1. The number of amides is 5. The molecule has 1 saturated heterocycles. The Morgan fingerprint density at radius 2 is 1.81 bits per heavy atom. The molecule has 5 amide bonds. The molecule has 2 heterocycles. The van der Waals surface area contributed by atoms with Crippen LogP contribution in [0.2, 0.25) is 0 Å². The van der Waals surface area contributed by atoms with Crippen molar-refractivity contribution in [3.63, 3.8) is 0 Å². The van der Waals surface area contributed by atoms with Crippen molar-refractivity contribution in [3.05, 3.63) is 29.3 Å². The summed E-state index contributed by atoms with van der Waals surface area (Å²) in [5.41, 5.74) is 5.11. The van der Waals surface area contributed by atoms with E-state index in [-0.39, 0.29) is 29.7 Å². The molecule has 1 fully saturated rings. The molecule has 0 saturated carbocycles. The maximum absolute atomic E-state index is 12.8. The highest BCUT2D eigenvalue weighted by molar-refractivity contribution is 6.26. The number of benzene rings is 1. The predicted octanol–water partition coefficient (Wildman–Crippen LogP) is 1.32. The van der Waals surface area contributed by atoms with E-state index in [9.17, 15) is 24.0 Å². The molecule has 3 rings (SSSR count). The van der Waals surface area contributed by atoms with Gasteiger partial charge in [-0.15, -0.1) is 0 Å². The molecule has 142 valence electrons. The first-order valence-corrected chi connectivity index (χ1v) is 8.39. The quantitative estimate of drug-likeness (QED) is 0.581. The summed E-state index contributed by atoms with van der Waals surface area (Å²) < 4.78 is 5.10. The number of hydrogen-bond acceptors (Lipinski definition) is 7. The van der Waals surface area contributed by atoms with Gasteiger partial charge < -0.3 is 10.5 Å². The lowest BCUT2D eigenvalue weighted by atomic mass is 10.0. The summed E-state index contributed by atoms with van der Waals surface area (Å²) in [5.74, 6) is -3.10. The SMILES string of the molecule is CC(C)(C)OC(=O)N1C(=O)CCC(N2C(=O)c3cccc(N)c3C2=O)C1=O. The fraction of sp³-hybridized carbons (Fsp3) is 0.389. The number of carbonyl (C=O) groups excluding carboxylic acids is 5. The van der Waals surface area contributed by atoms with E-state index in [1.807, 2.05) is 0 Å². The van der Waals surface area contributed by atoms with E-state index in [1.165, 1.54) is 18.2 Å². The second-order valence-corrected chi connectivity index (χ2v) is 7.35. The van der Waals surface area contributed by atoms with Crippen LogP contribution in [0, 0.1) is 0 Å². The maximum Gasteiger partial charge on any atom is 0.424 e. The van der Waals surface area contributed by atoms with Crippen LogP contribution in [0.5, 0.6) is 0 Å². The minimum atomic E-state index is -1.28. The number of ether oxygens (including phenoxy) is 1. The molecule has 2 N–H and O–H groups in total. The van der Waals surface area contributed by atoms with Crippen LogP contribution < -0.4 is 5.73 Å². The highest BCUT2D eigenvalue weighted by Gasteiger charge is 2.49. The largest absolute Gasteiger partial charge is 0.443 e. The zero-order chi connectivity index (χ0) is 20.1. The van der Waals surface area contributed by atoms with Crippen molar-refractivity contribution in [1.29, 1.82) is 0 Å². The minimum absolute atomic E-state index is 0.0241. The van der Waals surface area contributed by atoms with Gasteiger partial charge in [-0.05, 0) is 39.3 Å². The monoisotopic (exact) mass is 373 g/mol. The number of nitrogen functional groups attached to an aromatic ring is 1. The Hall–Kier alpha value is -3.23. The first-order chi connectivity index (χ1) is 12.5. The smallest absolute Gasteiger partial charge is 0.424 e. The molecular formula is C18H19N3O6. The number of nitrogens with two attached hydrogens (primary N) is 1. The number of likely N-dealkylation sites (tertiary alicyclic amines) is 1. The standard InChI is InChI=1S/C18H19N3O6/c1-18(2,3)27-17(26)21-12(22)8-7-11(15(21)24)20-14(23)9-5-4-6-10(19)13(9)16(20)25/h4-6,11H,7-8,19H2,1-3H3. The van der Waals surface area contributed by atoms with Crippen LogP contribution in [0.15, 0.2) is 18.2 Å². The minimum Gasteiger partial charge on any atom is -0.443 e. The number of hydrogen-bond donors (Lipinski definition) is 1. The van der Waals surface area contributed by atoms with Crippen molar-refractivity contribution < 1.29 is 28.7 Å². The van der Waals surface area contributed by atoms with E-state index in [0.717, 1.165) is 4.90 Å². The molecule has 1 aromatic rings. The molecular weight excluding hydrogens is 354 g/mol. The summed E-state index contributed by atoms with van der Waals surface area (Å²) in [5, 5.41) is 0. The van der Waals surface area contributed by atoms with Crippen molar-refractivity contribution in [2.24, 2.45) is 0 Å². The third-order valence-electron chi connectivity index (χ3n) is 4.25. The van der Waals surface area contributed by atoms with Gasteiger partial charge in [0.15, 0.2) is 0 Å². The van der Waals surface area contributed by atoms with Crippen LogP contribution in [0.1, 0.15) is 54.3 Å². The molecule has 0 spiro atoms. The van der Waals surface area contributed by atoms with Gasteiger partial charge in [-0.1, -0.05) is 6.07 Å². The summed E-state index contributed by atoms with van der Waals surface area (Å²) in [6.45, 7) is 4.77. The topological polar surface area (TPSA) is 127 Å². The molecule has 1 aromatic carbocycles. The van der Waals surface area contributed by atoms with E-state index >= 15 is 0 Å². The summed E-state index contributed by atoms with van der Waals surface area (Å²) >= 11 is 0. The molecule has 0 radical (unpaired) electrons. The Labute approximate surface area is 155 Å². The van der Waals surface area contributed by atoms with Gasteiger partial charge in [-0.2, -0.15) is 4.90 Å². The van der Waals surface area contributed by atoms with E-state index in [0.29, 0.717) is 4.90 Å². The average molecular weight is 373 g/mol. The summed E-state index contributed by atoms with van der Waals surface area (Å²) in [4.78, 5) is 63.7. The number of imide groups is 4. The van der Waals surface area contributed by atoms with Crippen molar-refractivity contribution in [2.75, 3.05) is 5.73 Å². The molecule has 27 heavy (non-hydrogen) atoms. The first kappa shape index (κ1) is 18.6. The van der Waals surface area contributed by atoms with Crippen LogP contribution in [0.3, 0.4) is 0 Å². The van der Waals surface area contributed by atoms with Gasteiger partial charge in [0.2, 0.25) is 5.91 Å². The van der Waals surface area contributed by atoms with Gasteiger partial charge in [-0.25, -0.2) is 4.79 Å². The lowest BCUT2D eigenvalue weighted by molar-refractivity contribution is -0.149. The molecule has 2 aliphatic heterocycles. The average Bonchev–Trinajstić information content (AvgIpc) is 2.79. The fourth-order valence-corrected chi connectivity index (χ4v) is 3.12. The number of piperidine rings is 1. The summed E-state index contributed by atoms with van der Waals surface area (Å²) in [6.07, 6.45) is -1.38. The predicted molar refractivity (Wildman–Crippen MR) is 92.5 cm³/mol.